The molecule has 1 heterocycles. The van der Waals surface area contributed by atoms with E-state index < -0.39 is 5.97 Å². The average Bonchev–Trinajstić information content (AvgIpc) is 2.36. The van der Waals surface area contributed by atoms with Gasteiger partial charge < -0.3 is 15.7 Å². The Bertz CT molecular complexity index is 475. The molecule has 1 aromatic heterocycles. The zero-order valence-corrected chi connectivity index (χ0v) is 11.9. The average molecular weight is 279 g/mol. The van der Waals surface area contributed by atoms with Crippen molar-refractivity contribution in [3.8, 4) is 0 Å². The van der Waals surface area contributed by atoms with Gasteiger partial charge >= 0.3 is 12.0 Å². The van der Waals surface area contributed by atoms with Crippen molar-refractivity contribution in [2.45, 2.75) is 39.5 Å². The summed E-state index contributed by atoms with van der Waals surface area (Å²) in [7, 11) is 0. The summed E-state index contributed by atoms with van der Waals surface area (Å²) in [5.74, 6) is -0.780. The number of carbonyl (C=O) groups excluding carboxylic acids is 1. The van der Waals surface area contributed by atoms with Crippen LogP contribution in [-0.4, -0.2) is 28.6 Å². The maximum absolute atomic E-state index is 11.6. The number of nitrogens with one attached hydrogen (secondary N) is 2. The number of aliphatic carboxylic acids is 1. The second kappa shape index (κ2) is 8.14. The quantitative estimate of drug-likeness (QED) is 0.669. The van der Waals surface area contributed by atoms with Gasteiger partial charge in [0.15, 0.2) is 0 Å². The molecule has 1 aromatic rings. The van der Waals surface area contributed by atoms with Crippen molar-refractivity contribution in [2.24, 2.45) is 0 Å². The Balaban J connectivity index is 2.22. The summed E-state index contributed by atoms with van der Waals surface area (Å²) < 4.78 is 0. The zero-order valence-electron chi connectivity index (χ0n) is 11.9. The lowest BCUT2D eigenvalue weighted by molar-refractivity contribution is -0.137. The van der Waals surface area contributed by atoms with Crippen molar-refractivity contribution < 1.29 is 14.7 Å². The lowest BCUT2D eigenvalue weighted by atomic mass is 10.2. The van der Waals surface area contributed by atoms with Gasteiger partial charge in [0.05, 0.1) is 11.4 Å². The Hall–Kier alpha value is -2.11. The Morgan fingerprint density at radius 3 is 2.60 bits per heavy atom. The molecule has 6 nitrogen and oxygen atoms in total. The number of urea groups is 1. The topological polar surface area (TPSA) is 91.3 Å². The third-order valence-electron chi connectivity index (χ3n) is 2.83. The van der Waals surface area contributed by atoms with E-state index in [4.69, 9.17) is 5.11 Å². The van der Waals surface area contributed by atoms with E-state index in [1.165, 1.54) is 0 Å². The fourth-order valence-corrected chi connectivity index (χ4v) is 1.77. The molecule has 0 bridgehead atoms. The molecule has 0 aromatic carbocycles. The number of nitrogens with zero attached hydrogens (tertiary/aromatic N) is 1. The third-order valence-corrected chi connectivity index (χ3v) is 2.83. The van der Waals surface area contributed by atoms with Crippen LogP contribution in [0.25, 0.3) is 0 Å². The minimum absolute atomic E-state index is 0.181. The minimum Gasteiger partial charge on any atom is -0.481 e. The van der Waals surface area contributed by atoms with Crippen LogP contribution in [0.1, 0.15) is 37.1 Å². The highest BCUT2D eigenvalue weighted by molar-refractivity contribution is 5.89. The second-order valence-electron chi connectivity index (χ2n) is 4.67. The van der Waals surface area contributed by atoms with E-state index in [0.29, 0.717) is 18.7 Å². The van der Waals surface area contributed by atoms with Crippen molar-refractivity contribution in [3.05, 3.63) is 23.5 Å². The number of anilines is 1. The highest BCUT2D eigenvalue weighted by Crippen LogP contribution is 2.12. The second-order valence-corrected chi connectivity index (χ2v) is 4.67. The van der Waals surface area contributed by atoms with Crippen LogP contribution in [0.2, 0.25) is 0 Å². The van der Waals surface area contributed by atoms with Crippen molar-refractivity contribution in [3.63, 3.8) is 0 Å². The van der Waals surface area contributed by atoms with Crippen molar-refractivity contribution >= 4 is 17.7 Å². The first-order valence-electron chi connectivity index (χ1n) is 6.70. The van der Waals surface area contributed by atoms with Gasteiger partial charge in [-0.15, -0.1) is 0 Å². The number of unbranched alkanes of at least 4 members (excludes halogenated alkanes) is 2. The van der Waals surface area contributed by atoms with Gasteiger partial charge in [0.2, 0.25) is 0 Å². The molecule has 0 aliphatic rings. The van der Waals surface area contributed by atoms with E-state index in [1.807, 2.05) is 26.0 Å². The van der Waals surface area contributed by atoms with Crippen LogP contribution in [0.5, 0.6) is 0 Å². The van der Waals surface area contributed by atoms with Crippen LogP contribution < -0.4 is 10.6 Å². The number of aryl methyl sites for hydroxylation is 2. The fourth-order valence-electron chi connectivity index (χ4n) is 1.77. The summed E-state index contributed by atoms with van der Waals surface area (Å²) in [6.45, 7) is 4.27. The van der Waals surface area contributed by atoms with Crippen LogP contribution in [0.15, 0.2) is 12.1 Å². The lowest BCUT2D eigenvalue weighted by Crippen LogP contribution is -2.29. The largest absolute Gasteiger partial charge is 0.481 e. The van der Waals surface area contributed by atoms with Crippen LogP contribution in [0.4, 0.5) is 10.5 Å². The van der Waals surface area contributed by atoms with Crippen LogP contribution >= 0.6 is 0 Å². The van der Waals surface area contributed by atoms with Crippen LogP contribution in [0.3, 0.4) is 0 Å². The number of hydrogen-bond donors (Lipinski definition) is 3. The Morgan fingerprint density at radius 2 is 1.95 bits per heavy atom. The zero-order chi connectivity index (χ0) is 15.0. The molecule has 0 radical (unpaired) electrons. The van der Waals surface area contributed by atoms with E-state index in [9.17, 15) is 9.59 Å². The summed E-state index contributed by atoms with van der Waals surface area (Å²) in [5.41, 5.74) is 2.38. The van der Waals surface area contributed by atoms with E-state index in [-0.39, 0.29) is 12.5 Å². The molecule has 0 spiro atoms. The summed E-state index contributed by atoms with van der Waals surface area (Å²) in [6, 6.07) is 3.40. The molecule has 110 valence electrons. The SMILES string of the molecule is Cc1ccc(NC(=O)NCCCCCC(=O)O)c(C)n1. The van der Waals surface area contributed by atoms with Gasteiger partial charge in [-0.05, 0) is 38.8 Å². The minimum atomic E-state index is -0.780. The Kier molecular flexibility index (Phi) is 6.49. The van der Waals surface area contributed by atoms with E-state index >= 15 is 0 Å². The normalized spacial score (nSPS) is 10.1. The molecule has 6 heteroatoms. The maximum atomic E-state index is 11.6. The number of pyridine rings is 1. The number of carbonyl (C=O) groups is 2. The van der Waals surface area contributed by atoms with E-state index in [2.05, 4.69) is 15.6 Å². The predicted octanol–water partition coefficient (Wildman–Crippen LogP) is 2.46. The summed E-state index contributed by atoms with van der Waals surface area (Å²) >= 11 is 0. The molecule has 20 heavy (non-hydrogen) atoms. The highest BCUT2D eigenvalue weighted by atomic mass is 16.4. The van der Waals surface area contributed by atoms with Crippen molar-refractivity contribution in [1.29, 1.82) is 0 Å². The van der Waals surface area contributed by atoms with Gasteiger partial charge in [-0.1, -0.05) is 6.42 Å². The van der Waals surface area contributed by atoms with Gasteiger partial charge in [0.25, 0.3) is 0 Å². The number of carboxylic acids is 1. The van der Waals surface area contributed by atoms with Gasteiger partial charge in [-0.3, -0.25) is 9.78 Å². The summed E-state index contributed by atoms with van der Waals surface area (Å²) in [5, 5.41) is 14.0. The predicted molar refractivity (Wildman–Crippen MR) is 76.8 cm³/mol. The number of aromatic nitrogens is 1. The molecule has 0 aliphatic heterocycles. The smallest absolute Gasteiger partial charge is 0.319 e. The Morgan fingerprint density at radius 1 is 1.20 bits per heavy atom. The molecule has 0 saturated heterocycles. The van der Waals surface area contributed by atoms with Crippen LogP contribution in [-0.2, 0) is 4.79 Å². The molecular weight excluding hydrogens is 258 g/mol. The third kappa shape index (κ3) is 6.17. The van der Waals surface area contributed by atoms with Gasteiger partial charge in [0, 0.05) is 18.7 Å². The molecule has 0 unspecified atom stereocenters. The molecule has 3 N–H and O–H groups in total. The molecule has 0 fully saturated rings. The maximum Gasteiger partial charge on any atom is 0.319 e. The molecule has 0 aliphatic carbocycles. The van der Waals surface area contributed by atoms with Crippen LogP contribution in [0, 0.1) is 13.8 Å². The molecule has 0 saturated carbocycles. The first-order chi connectivity index (χ1) is 9.49. The summed E-state index contributed by atoms with van der Waals surface area (Å²) in [4.78, 5) is 26.2. The lowest BCUT2D eigenvalue weighted by Gasteiger charge is -2.09. The first kappa shape index (κ1) is 15.9. The number of hydrogen-bond acceptors (Lipinski definition) is 3. The van der Waals surface area contributed by atoms with Gasteiger partial charge in [0.1, 0.15) is 0 Å². The molecule has 2 amide bonds. The highest BCUT2D eigenvalue weighted by Gasteiger charge is 2.04. The molecular formula is C14H21N3O3. The van der Waals surface area contributed by atoms with E-state index in [1.54, 1.807) is 0 Å². The summed E-state index contributed by atoms with van der Waals surface area (Å²) in [6.07, 6.45) is 2.38. The van der Waals surface area contributed by atoms with Gasteiger partial charge in [-0.25, -0.2) is 4.79 Å². The van der Waals surface area contributed by atoms with E-state index in [0.717, 1.165) is 24.2 Å². The standard InChI is InChI=1S/C14H21N3O3/c1-10-7-8-12(11(2)16-10)17-14(20)15-9-5-3-4-6-13(18)19/h7-8H,3-6,9H2,1-2H3,(H,18,19)(H2,15,17,20). The molecule has 1 rings (SSSR count). The monoisotopic (exact) mass is 279 g/mol. The molecule has 0 atom stereocenters. The van der Waals surface area contributed by atoms with Crippen molar-refractivity contribution in [1.82, 2.24) is 10.3 Å². The number of amides is 2. The fraction of sp³-hybridized carbons (Fsp3) is 0.500. The first-order valence-corrected chi connectivity index (χ1v) is 6.70. The number of rotatable bonds is 7. The number of carboxylic acid groups (broad SMARTS) is 1. The van der Waals surface area contributed by atoms with Crippen molar-refractivity contribution in [2.75, 3.05) is 11.9 Å². The Labute approximate surface area is 118 Å². The van der Waals surface area contributed by atoms with Gasteiger partial charge in [-0.2, -0.15) is 0 Å².